The lowest BCUT2D eigenvalue weighted by atomic mass is 10.2. The van der Waals surface area contributed by atoms with Gasteiger partial charge in [0.2, 0.25) is 5.71 Å². The number of nitro benzene ring substituents is 1. The fourth-order valence-electron chi connectivity index (χ4n) is 3.32. The van der Waals surface area contributed by atoms with E-state index in [9.17, 15) is 10.1 Å². The van der Waals surface area contributed by atoms with Crippen molar-refractivity contribution >= 4 is 33.7 Å². The largest absolute Gasteiger partial charge is 0.432 e. The number of nitrogens with zero attached hydrogens (tertiary/aromatic N) is 5. The third-order valence-electron chi connectivity index (χ3n) is 4.72. The number of benzene rings is 1. The molecule has 9 heteroatoms. The van der Waals surface area contributed by atoms with Crippen LogP contribution in [0.5, 0.6) is 0 Å². The van der Waals surface area contributed by atoms with Crippen LogP contribution >= 0.6 is 0 Å². The van der Waals surface area contributed by atoms with E-state index in [2.05, 4.69) is 9.88 Å². The van der Waals surface area contributed by atoms with Gasteiger partial charge < -0.3 is 14.1 Å². The van der Waals surface area contributed by atoms with E-state index in [1.54, 1.807) is 18.3 Å². The van der Waals surface area contributed by atoms with E-state index in [0.717, 1.165) is 5.39 Å². The molecule has 1 saturated heterocycles. The van der Waals surface area contributed by atoms with Gasteiger partial charge in [0.25, 0.3) is 5.69 Å². The van der Waals surface area contributed by atoms with Gasteiger partial charge in [-0.3, -0.25) is 10.1 Å². The van der Waals surface area contributed by atoms with E-state index in [-0.39, 0.29) is 5.69 Å². The van der Waals surface area contributed by atoms with Crippen LogP contribution in [0.25, 0.3) is 33.6 Å². The molecule has 0 spiro atoms. The van der Waals surface area contributed by atoms with E-state index in [4.69, 9.17) is 19.1 Å². The lowest BCUT2D eigenvalue weighted by Gasteiger charge is -2.27. The number of non-ortho nitro benzene ring substituents is 1. The van der Waals surface area contributed by atoms with Gasteiger partial charge in [-0.1, -0.05) is 0 Å². The van der Waals surface area contributed by atoms with Crippen LogP contribution in [0.3, 0.4) is 0 Å². The molecule has 140 valence electrons. The predicted molar refractivity (Wildman–Crippen MR) is 102 cm³/mol. The van der Waals surface area contributed by atoms with Gasteiger partial charge in [-0.25, -0.2) is 15.0 Å². The van der Waals surface area contributed by atoms with Gasteiger partial charge in [0.05, 0.1) is 23.5 Å². The molecule has 4 aromatic rings. The molecule has 3 aromatic heterocycles. The first-order valence-electron chi connectivity index (χ1n) is 8.83. The third-order valence-corrected chi connectivity index (χ3v) is 4.72. The van der Waals surface area contributed by atoms with Gasteiger partial charge in [-0.2, -0.15) is 0 Å². The molecule has 0 saturated carbocycles. The number of hydrogen-bond donors (Lipinski definition) is 0. The van der Waals surface area contributed by atoms with E-state index < -0.39 is 4.92 Å². The van der Waals surface area contributed by atoms with Gasteiger partial charge in [0.1, 0.15) is 5.52 Å². The SMILES string of the molecule is O=[N+]([O-])c1ccc(-c2nc(N3CCOCC3)c3oc4ncccc4c3n2)cc1. The topological polar surface area (TPSA) is 107 Å². The van der Waals surface area contributed by atoms with Crippen molar-refractivity contribution < 1.29 is 14.1 Å². The van der Waals surface area contributed by atoms with Crippen molar-refractivity contribution in [2.45, 2.75) is 0 Å². The molecule has 1 fully saturated rings. The number of fused-ring (bicyclic) bond motifs is 3. The average molecular weight is 377 g/mol. The van der Waals surface area contributed by atoms with Gasteiger partial charge in [0.15, 0.2) is 17.2 Å². The highest BCUT2D eigenvalue weighted by Crippen LogP contribution is 2.34. The summed E-state index contributed by atoms with van der Waals surface area (Å²) < 4.78 is 11.4. The Morgan fingerprint density at radius 3 is 2.61 bits per heavy atom. The van der Waals surface area contributed by atoms with Gasteiger partial charge in [-0.15, -0.1) is 0 Å². The third kappa shape index (κ3) is 2.72. The van der Waals surface area contributed by atoms with Crippen LogP contribution < -0.4 is 4.90 Å². The Bertz CT molecular complexity index is 1180. The number of rotatable bonds is 3. The summed E-state index contributed by atoms with van der Waals surface area (Å²) in [6.07, 6.45) is 1.67. The van der Waals surface area contributed by atoms with Crippen LogP contribution in [0.15, 0.2) is 47.0 Å². The molecule has 0 atom stereocenters. The molecular formula is C19H15N5O4. The molecule has 0 bridgehead atoms. The summed E-state index contributed by atoms with van der Waals surface area (Å²) in [7, 11) is 0. The van der Waals surface area contributed by atoms with Crippen molar-refractivity contribution in [3.8, 4) is 11.4 Å². The summed E-state index contributed by atoms with van der Waals surface area (Å²) in [5, 5.41) is 11.7. The Labute approximate surface area is 158 Å². The molecule has 0 amide bonds. The van der Waals surface area contributed by atoms with Crippen molar-refractivity contribution in [2.24, 2.45) is 0 Å². The van der Waals surface area contributed by atoms with Gasteiger partial charge in [-0.05, 0) is 24.3 Å². The lowest BCUT2D eigenvalue weighted by molar-refractivity contribution is -0.384. The number of ether oxygens (including phenoxy) is 1. The Morgan fingerprint density at radius 2 is 1.86 bits per heavy atom. The Kier molecular flexibility index (Phi) is 3.87. The van der Waals surface area contributed by atoms with Crippen LogP contribution in [0.2, 0.25) is 0 Å². The molecule has 28 heavy (non-hydrogen) atoms. The molecule has 1 aliphatic rings. The zero-order chi connectivity index (χ0) is 19.1. The molecule has 0 N–H and O–H groups in total. The van der Waals surface area contributed by atoms with Gasteiger partial charge in [0, 0.05) is 37.0 Å². The Balaban J connectivity index is 1.72. The minimum Gasteiger partial charge on any atom is -0.432 e. The second-order valence-electron chi connectivity index (χ2n) is 6.41. The summed E-state index contributed by atoms with van der Waals surface area (Å²) in [6.45, 7) is 2.60. The van der Waals surface area contributed by atoms with Gasteiger partial charge >= 0.3 is 0 Å². The number of pyridine rings is 1. The summed E-state index contributed by atoms with van der Waals surface area (Å²) >= 11 is 0. The maximum absolute atomic E-state index is 10.9. The van der Waals surface area contributed by atoms with E-state index in [0.29, 0.717) is 60.3 Å². The molecule has 1 aliphatic heterocycles. The Hall–Kier alpha value is -3.59. The maximum Gasteiger partial charge on any atom is 0.269 e. The van der Waals surface area contributed by atoms with Crippen LogP contribution in [0, 0.1) is 10.1 Å². The molecule has 9 nitrogen and oxygen atoms in total. The summed E-state index contributed by atoms with van der Waals surface area (Å²) in [5.41, 5.74) is 2.48. The summed E-state index contributed by atoms with van der Waals surface area (Å²) in [4.78, 5) is 26.3. The number of nitro groups is 1. The van der Waals surface area contributed by atoms with Crippen LogP contribution in [0.4, 0.5) is 11.5 Å². The summed E-state index contributed by atoms with van der Waals surface area (Å²) in [5.74, 6) is 1.16. The quantitative estimate of drug-likeness (QED) is 0.396. The van der Waals surface area contributed by atoms with Crippen molar-refractivity contribution in [2.75, 3.05) is 31.2 Å². The van der Waals surface area contributed by atoms with Crippen LogP contribution in [-0.2, 0) is 4.74 Å². The molecule has 5 rings (SSSR count). The predicted octanol–water partition coefficient (Wildman–Crippen LogP) is 3.18. The lowest BCUT2D eigenvalue weighted by Crippen LogP contribution is -2.37. The fourth-order valence-corrected chi connectivity index (χ4v) is 3.32. The van der Waals surface area contributed by atoms with Crippen molar-refractivity contribution in [3.63, 3.8) is 0 Å². The van der Waals surface area contributed by atoms with Crippen molar-refractivity contribution in [1.82, 2.24) is 15.0 Å². The minimum atomic E-state index is -0.428. The average Bonchev–Trinajstić information content (AvgIpc) is 3.12. The molecule has 0 radical (unpaired) electrons. The van der Waals surface area contributed by atoms with E-state index >= 15 is 0 Å². The molecular weight excluding hydrogens is 362 g/mol. The molecule has 0 unspecified atom stereocenters. The zero-order valence-corrected chi connectivity index (χ0v) is 14.7. The monoisotopic (exact) mass is 377 g/mol. The van der Waals surface area contributed by atoms with E-state index in [1.165, 1.54) is 12.1 Å². The highest BCUT2D eigenvalue weighted by atomic mass is 16.6. The molecule has 1 aromatic carbocycles. The van der Waals surface area contributed by atoms with Crippen LogP contribution in [0.1, 0.15) is 0 Å². The highest BCUT2D eigenvalue weighted by molar-refractivity contribution is 6.05. The van der Waals surface area contributed by atoms with Crippen molar-refractivity contribution in [3.05, 3.63) is 52.7 Å². The highest BCUT2D eigenvalue weighted by Gasteiger charge is 2.23. The number of morpholine rings is 1. The standard InChI is InChI=1S/C19H15N5O4/c25-24(26)13-5-3-12(4-6-13)17-21-15-14-2-1-7-20-19(14)28-16(15)18(22-17)23-8-10-27-11-9-23/h1-7H,8-11H2. The molecule has 4 heterocycles. The summed E-state index contributed by atoms with van der Waals surface area (Å²) in [6, 6.07) is 9.95. The van der Waals surface area contributed by atoms with E-state index in [1.807, 2.05) is 12.1 Å². The second-order valence-corrected chi connectivity index (χ2v) is 6.41. The normalized spacial score (nSPS) is 14.6. The first-order chi connectivity index (χ1) is 13.7. The van der Waals surface area contributed by atoms with Crippen LogP contribution in [-0.4, -0.2) is 46.2 Å². The Morgan fingerprint density at radius 1 is 1.07 bits per heavy atom. The molecule has 0 aliphatic carbocycles. The zero-order valence-electron chi connectivity index (χ0n) is 14.7. The van der Waals surface area contributed by atoms with Crippen molar-refractivity contribution in [1.29, 1.82) is 0 Å². The first-order valence-corrected chi connectivity index (χ1v) is 8.83. The first kappa shape index (κ1) is 16.6. The number of aromatic nitrogens is 3. The smallest absolute Gasteiger partial charge is 0.269 e. The fraction of sp³-hybridized carbons (Fsp3) is 0.211. The maximum atomic E-state index is 10.9. The minimum absolute atomic E-state index is 0.0243. The number of hydrogen-bond acceptors (Lipinski definition) is 8. The second kappa shape index (κ2) is 6.54. The number of furan rings is 1. The number of anilines is 1.